The van der Waals surface area contributed by atoms with Crippen molar-refractivity contribution in [1.29, 1.82) is 0 Å². The van der Waals surface area contributed by atoms with Gasteiger partial charge in [0.25, 0.3) is 0 Å². The molecule has 0 bridgehead atoms. The summed E-state index contributed by atoms with van der Waals surface area (Å²) in [6.07, 6.45) is 4.84. The Hall–Kier alpha value is -2.64. The van der Waals surface area contributed by atoms with Crippen molar-refractivity contribution in [3.05, 3.63) is 29.4 Å². The van der Waals surface area contributed by atoms with Crippen LogP contribution in [0.1, 0.15) is 29.9 Å². The van der Waals surface area contributed by atoms with Crippen molar-refractivity contribution in [2.45, 2.75) is 39.2 Å². The molecule has 0 radical (unpaired) electrons. The minimum Gasteiger partial charge on any atom is -0.480 e. The Morgan fingerprint density at radius 3 is 2.88 bits per heavy atom. The Balaban J connectivity index is 1.51. The number of amides is 1. The van der Waals surface area contributed by atoms with Crippen molar-refractivity contribution in [1.82, 2.24) is 20.0 Å². The van der Waals surface area contributed by atoms with E-state index in [0.29, 0.717) is 37.7 Å². The predicted molar refractivity (Wildman–Crippen MR) is 88.5 cm³/mol. The largest absolute Gasteiger partial charge is 0.480 e. The van der Waals surface area contributed by atoms with E-state index in [0.717, 1.165) is 23.4 Å². The number of carbonyl (C=O) groups is 1. The van der Waals surface area contributed by atoms with Crippen LogP contribution in [-0.4, -0.2) is 52.2 Å². The van der Waals surface area contributed by atoms with Crippen molar-refractivity contribution in [2.75, 3.05) is 20.2 Å². The van der Waals surface area contributed by atoms with Gasteiger partial charge in [0.1, 0.15) is 11.9 Å². The summed E-state index contributed by atoms with van der Waals surface area (Å²) in [6.45, 7) is 5.00. The van der Waals surface area contributed by atoms with Crippen LogP contribution >= 0.6 is 0 Å². The van der Waals surface area contributed by atoms with Crippen molar-refractivity contribution < 1.29 is 18.8 Å². The Morgan fingerprint density at radius 1 is 1.36 bits per heavy atom. The van der Waals surface area contributed by atoms with Gasteiger partial charge in [-0.1, -0.05) is 5.16 Å². The zero-order valence-corrected chi connectivity index (χ0v) is 14.7. The Bertz CT molecular complexity index is 726. The lowest BCUT2D eigenvalue weighted by molar-refractivity contribution is -0.130. The van der Waals surface area contributed by atoms with E-state index in [2.05, 4.69) is 15.1 Å². The number of hydrogen-bond donors (Lipinski definition) is 0. The molecule has 1 amide bonds. The highest BCUT2D eigenvalue weighted by Gasteiger charge is 2.28. The van der Waals surface area contributed by atoms with Crippen molar-refractivity contribution >= 4 is 5.91 Å². The number of hydrogen-bond acceptors (Lipinski definition) is 7. The summed E-state index contributed by atoms with van der Waals surface area (Å²) in [6, 6.07) is 0. The molecule has 0 spiro atoms. The molecule has 1 unspecified atom stereocenters. The molecule has 1 atom stereocenters. The molecule has 0 saturated carbocycles. The minimum atomic E-state index is -0.0792. The summed E-state index contributed by atoms with van der Waals surface area (Å²) in [5.74, 6) is 1.71. The number of rotatable bonds is 6. The molecule has 0 N–H and O–H groups in total. The van der Waals surface area contributed by atoms with Crippen LogP contribution in [0.4, 0.5) is 0 Å². The third-order valence-corrected chi connectivity index (χ3v) is 4.35. The van der Waals surface area contributed by atoms with Gasteiger partial charge in [-0.2, -0.15) is 4.98 Å². The van der Waals surface area contributed by atoms with Crippen molar-refractivity contribution in [3.63, 3.8) is 0 Å². The van der Waals surface area contributed by atoms with Crippen LogP contribution in [0, 0.1) is 13.8 Å². The molecule has 1 aliphatic rings. The third kappa shape index (κ3) is 4.07. The van der Waals surface area contributed by atoms with Crippen LogP contribution in [0.25, 0.3) is 0 Å². The van der Waals surface area contributed by atoms with Gasteiger partial charge in [-0.15, -0.1) is 0 Å². The van der Waals surface area contributed by atoms with Crippen LogP contribution < -0.4 is 9.47 Å². The molecule has 1 saturated heterocycles. The van der Waals surface area contributed by atoms with E-state index >= 15 is 0 Å². The Kier molecular flexibility index (Phi) is 5.16. The normalized spacial score (nSPS) is 16.9. The Morgan fingerprint density at radius 2 is 2.16 bits per heavy atom. The average molecular weight is 346 g/mol. The fourth-order valence-corrected chi connectivity index (χ4v) is 2.96. The monoisotopic (exact) mass is 346 g/mol. The summed E-state index contributed by atoms with van der Waals surface area (Å²) < 4.78 is 16.0. The first-order valence-corrected chi connectivity index (χ1v) is 8.29. The summed E-state index contributed by atoms with van der Waals surface area (Å²) in [5, 5.41) is 3.92. The summed E-state index contributed by atoms with van der Waals surface area (Å²) >= 11 is 0. The average Bonchev–Trinajstić information content (AvgIpc) is 3.20. The van der Waals surface area contributed by atoms with Gasteiger partial charge in [-0.05, 0) is 20.3 Å². The van der Waals surface area contributed by atoms with Crippen LogP contribution in [0.15, 0.2) is 16.9 Å². The minimum absolute atomic E-state index is 0.0792. The first kappa shape index (κ1) is 17.2. The molecule has 8 nitrogen and oxygen atoms in total. The predicted octanol–water partition coefficient (Wildman–Crippen LogP) is 1.70. The maximum Gasteiger partial charge on any atom is 0.235 e. The highest BCUT2D eigenvalue weighted by atomic mass is 16.5. The van der Waals surface area contributed by atoms with Gasteiger partial charge in [0, 0.05) is 24.9 Å². The number of methoxy groups -OCH3 is 1. The highest BCUT2D eigenvalue weighted by molar-refractivity contribution is 5.76. The first-order valence-electron chi connectivity index (χ1n) is 8.29. The van der Waals surface area contributed by atoms with Crippen LogP contribution in [0.5, 0.6) is 11.8 Å². The lowest BCUT2D eigenvalue weighted by Crippen LogP contribution is -2.31. The van der Waals surface area contributed by atoms with Gasteiger partial charge >= 0.3 is 0 Å². The molecule has 3 heterocycles. The smallest absolute Gasteiger partial charge is 0.235 e. The molecular formula is C17H22N4O4. The molecule has 2 aromatic rings. The molecule has 1 fully saturated rings. The summed E-state index contributed by atoms with van der Waals surface area (Å²) in [5.41, 5.74) is 1.87. The number of nitrogens with zero attached hydrogens (tertiary/aromatic N) is 4. The molecule has 8 heteroatoms. The van der Waals surface area contributed by atoms with E-state index in [1.165, 1.54) is 13.3 Å². The number of carbonyl (C=O) groups excluding carboxylic acids is 1. The van der Waals surface area contributed by atoms with Gasteiger partial charge in [0.2, 0.25) is 17.7 Å². The fourth-order valence-electron chi connectivity index (χ4n) is 2.96. The molecule has 0 aromatic carbocycles. The topological polar surface area (TPSA) is 90.6 Å². The maximum atomic E-state index is 12.4. The number of likely N-dealkylation sites (tertiary alicyclic amines) is 1. The van der Waals surface area contributed by atoms with Gasteiger partial charge in [-0.25, -0.2) is 0 Å². The van der Waals surface area contributed by atoms with Gasteiger partial charge < -0.3 is 18.9 Å². The SMILES string of the molecule is COc1cncc(OC2CCN(C(=O)CCc3c(C)noc3C)C2)n1. The standard InChI is InChI=1S/C17H22N4O4/c1-11-14(12(2)25-20-11)4-5-17(22)21-7-6-13(10-21)24-16-9-18-8-15(19-16)23-3/h8-9,13H,4-7,10H2,1-3H3. The fraction of sp³-hybridized carbons (Fsp3) is 0.529. The third-order valence-electron chi connectivity index (χ3n) is 4.35. The number of aryl methyl sites for hydroxylation is 2. The number of aromatic nitrogens is 3. The molecule has 1 aliphatic heterocycles. The maximum absolute atomic E-state index is 12.4. The lowest BCUT2D eigenvalue weighted by Gasteiger charge is -2.17. The van der Waals surface area contributed by atoms with Crippen molar-refractivity contribution in [2.24, 2.45) is 0 Å². The summed E-state index contributed by atoms with van der Waals surface area (Å²) in [7, 11) is 1.53. The molecule has 3 rings (SSSR count). The zero-order valence-electron chi connectivity index (χ0n) is 14.7. The lowest BCUT2D eigenvalue weighted by atomic mass is 10.1. The van der Waals surface area contributed by atoms with E-state index in [1.54, 1.807) is 6.20 Å². The Labute approximate surface area is 146 Å². The van der Waals surface area contributed by atoms with E-state index in [9.17, 15) is 4.79 Å². The second kappa shape index (κ2) is 7.50. The van der Waals surface area contributed by atoms with Gasteiger partial charge in [0.05, 0.1) is 31.7 Å². The molecule has 0 aliphatic carbocycles. The quantitative estimate of drug-likeness (QED) is 0.786. The molecule has 134 valence electrons. The van der Waals surface area contributed by atoms with Gasteiger partial charge in [-0.3, -0.25) is 9.78 Å². The van der Waals surface area contributed by atoms with Crippen LogP contribution in [0.2, 0.25) is 0 Å². The van der Waals surface area contributed by atoms with Crippen molar-refractivity contribution in [3.8, 4) is 11.8 Å². The van der Waals surface area contributed by atoms with E-state index < -0.39 is 0 Å². The van der Waals surface area contributed by atoms with Crippen LogP contribution in [-0.2, 0) is 11.2 Å². The second-order valence-electron chi connectivity index (χ2n) is 6.07. The molecule has 25 heavy (non-hydrogen) atoms. The van der Waals surface area contributed by atoms with E-state index in [1.807, 2.05) is 18.7 Å². The van der Waals surface area contributed by atoms with Crippen LogP contribution in [0.3, 0.4) is 0 Å². The summed E-state index contributed by atoms with van der Waals surface area (Å²) in [4.78, 5) is 22.5. The van der Waals surface area contributed by atoms with Gasteiger partial charge in [0.15, 0.2) is 0 Å². The van der Waals surface area contributed by atoms with E-state index in [4.69, 9.17) is 14.0 Å². The molecule has 2 aromatic heterocycles. The highest BCUT2D eigenvalue weighted by Crippen LogP contribution is 2.20. The molecular weight excluding hydrogens is 324 g/mol. The van der Waals surface area contributed by atoms with E-state index in [-0.39, 0.29) is 12.0 Å². The first-order chi connectivity index (χ1) is 12.1. The second-order valence-corrected chi connectivity index (χ2v) is 6.07. The number of ether oxygens (including phenoxy) is 2. The zero-order chi connectivity index (χ0) is 17.8.